The monoisotopic (exact) mass is 319 g/mol. The number of furan rings is 1. The lowest BCUT2D eigenvalue weighted by molar-refractivity contribution is 0.0694. The number of benzene rings is 1. The van der Waals surface area contributed by atoms with Gasteiger partial charge >= 0.3 is 5.97 Å². The second-order valence-electron chi connectivity index (χ2n) is 4.18. The smallest absolute Gasteiger partial charge is 0.339 e. The van der Waals surface area contributed by atoms with Crippen LogP contribution in [-0.4, -0.2) is 15.6 Å². The molecule has 0 saturated carbocycles. The summed E-state index contributed by atoms with van der Waals surface area (Å²) in [6.07, 6.45) is 3.32. The number of halogens is 1. The van der Waals surface area contributed by atoms with E-state index < -0.39 is 5.97 Å². The SMILES string of the molecule is O=C(O)c1ccoc1Cn1ccc2c(Br)cccc21. The number of carbonyl (C=O) groups is 1. The van der Waals surface area contributed by atoms with Crippen molar-refractivity contribution in [3.8, 4) is 0 Å². The largest absolute Gasteiger partial charge is 0.478 e. The van der Waals surface area contributed by atoms with Gasteiger partial charge in [-0.2, -0.15) is 0 Å². The number of rotatable bonds is 3. The molecule has 0 atom stereocenters. The molecule has 4 nitrogen and oxygen atoms in total. The van der Waals surface area contributed by atoms with Gasteiger partial charge in [0.1, 0.15) is 11.3 Å². The van der Waals surface area contributed by atoms with Crippen molar-refractivity contribution in [3.05, 3.63) is 58.6 Å². The number of aromatic nitrogens is 1. The second kappa shape index (κ2) is 4.59. The Labute approximate surface area is 117 Å². The third kappa shape index (κ3) is 2.06. The standard InChI is InChI=1S/C14H10BrNO3/c15-11-2-1-3-12-9(11)4-6-16(12)8-13-10(14(17)18)5-7-19-13/h1-7H,8H2,(H,17,18). The van der Waals surface area contributed by atoms with Crippen LogP contribution in [0.1, 0.15) is 16.1 Å². The van der Waals surface area contributed by atoms with Crippen molar-refractivity contribution >= 4 is 32.8 Å². The molecular formula is C14H10BrNO3. The van der Waals surface area contributed by atoms with Crippen molar-refractivity contribution in [1.82, 2.24) is 4.57 Å². The summed E-state index contributed by atoms with van der Waals surface area (Å²) in [7, 11) is 0. The fourth-order valence-corrected chi connectivity index (χ4v) is 2.62. The van der Waals surface area contributed by atoms with Crippen LogP contribution < -0.4 is 0 Å². The van der Waals surface area contributed by atoms with E-state index in [0.29, 0.717) is 12.3 Å². The molecule has 2 heterocycles. The summed E-state index contributed by atoms with van der Waals surface area (Å²) in [6.45, 7) is 0.397. The summed E-state index contributed by atoms with van der Waals surface area (Å²) >= 11 is 3.49. The Bertz CT molecular complexity index is 757. The molecule has 1 aromatic carbocycles. The van der Waals surface area contributed by atoms with Crippen LogP contribution in [0.2, 0.25) is 0 Å². The van der Waals surface area contributed by atoms with Crippen LogP contribution in [0.4, 0.5) is 0 Å². The van der Waals surface area contributed by atoms with Crippen LogP contribution in [0, 0.1) is 0 Å². The molecule has 0 amide bonds. The highest BCUT2D eigenvalue weighted by atomic mass is 79.9. The number of carboxylic acid groups (broad SMARTS) is 1. The number of carboxylic acids is 1. The minimum Gasteiger partial charge on any atom is -0.478 e. The van der Waals surface area contributed by atoms with Crippen molar-refractivity contribution in [2.75, 3.05) is 0 Å². The van der Waals surface area contributed by atoms with E-state index in [-0.39, 0.29) is 5.56 Å². The summed E-state index contributed by atoms with van der Waals surface area (Å²) < 4.78 is 8.24. The summed E-state index contributed by atoms with van der Waals surface area (Å²) in [6, 6.07) is 9.37. The van der Waals surface area contributed by atoms with E-state index in [2.05, 4.69) is 15.9 Å². The Kier molecular flexibility index (Phi) is 2.91. The third-order valence-electron chi connectivity index (χ3n) is 3.05. The van der Waals surface area contributed by atoms with Gasteiger partial charge in [0.25, 0.3) is 0 Å². The zero-order valence-corrected chi connectivity index (χ0v) is 11.4. The van der Waals surface area contributed by atoms with Crippen molar-refractivity contribution in [1.29, 1.82) is 0 Å². The van der Waals surface area contributed by atoms with Crippen LogP contribution in [0.3, 0.4) is 0 Å². The molecule has 19 heavy (non-hydrogen) atoms. The minimum absolute atomic E-state index is 0.205. The molecule has 2 aromatic heterocycles. The van der Waals surface area contributed by atoms with E-state index >= 15 is 0 Å². The normalized spacial score (nSPS) is 11.0. The fourth-order valence-electron chi connectivity index (χ4n) is 2.13. The number of aromatic carboxylic acids is 1. The van der Waals surface area contributed by atoms with E-state index in [1.807, 2.05) is 35.0 Å². The molecular weight excluding hydrogens is 310 g/mol. The van der Waals surface area contributed by atoms with E-state index in [9.17, 15) is 4.79 Å². The van der Waals surface area contributed by atoms with Gasteiger partial charge in [-0.25, -0.2) is 4.79 Å². The summed E-state index contributed by atoms with van der Waals surface area (Å²) in [5.41, 5.74) is 1.24. The maximum absolute atomic E-state index is 11.1. The van der Waals surface area contributed by atoms with E-state index in [1.54, 1.807) is 0 Å². The van der Waals surface area contributed by atoms with Crippen molar-refractivity contribution in [3.63, 3.8) is 0 Å². The van der Waals surface area contributed by atoms with E-state index in [0.717, 1.165) is 15.4 Å². The topological polar surface area (TPSA) is 55.4 Å². The Morgan fingerprint density at radius 1 is 1.32 bits per heavy atom. The van der Waals surface area contributed by atoms with Gasteiger partial charge in [0.2, 0.25) is 0 Å². The summed E-state index contributed by atoms with van der Waals surface area (Å²) in [5.74, 6) is -0.522. The molecule has 5 heteroatoms. The lowest BCUT2D eigenvalue weighted by Crippen LogP contribution is -2.03. The van der Waals surface area contributed by atoms with Crippen LogP contribution in [0.15, 0.2) is 51.7 Å². The molecule has 0 fully saturated rings. The maximum atomic E-state index is 11.1. The zero-order valence-electron chi connectivity index (χ0n) is 9.84. The Morgan fingerprint density at radius 2 is 2.16 bits per heavy atom. The molecule has 0 unspecified atom stereocenters. The van der Waals surface area contributed by atoms with Crippen molar-refractivity contribution in [2.24, 2.45) is 0 Å². The highest BCUT2D eigenvalue weighted by Gasteiger charge is 2.14. The first-order valence-corrected chi connectivity index (χ1v) is 6.49. The van der Waals surface area contributed by atoms with Gasteiger partial charge in [-0.15, -0.1) is 0 Å². The lowest BCUT2D eigenvalue weighted by Gasteiger charge is -2.04. The average Bonchev–Trinajstić information content (AvgIpc) is 2.98. The highest BCUT2D eigenvalue weighted by Crippen LogP contribution is 2.25. The molecule has 0 saturated heterocycles. The van der Waals surface area contributed by atoms with E-state index in [1.165, 1.54) is 12.3 Å². The lowest BCUT2D eigenvalue weighted by atomic mass is 10.2. The first-order valence-electron chi connectivity index (χ1n) is 5.70. The van der Waals surface area contributed by atoms with Crippen molar-refractivity contribution < 1.29 is 14.3 Å². The molecule has 3 aromatic rings. The van der Waals surface area contributed by atoms with Crippen LogP contribution in [0.25, 0.3) is 10.9 Å². The molecule has 0 radical (unpaired) electrons. The first-order chi connectivity index (χ1) is 9.16. The van der Waals surface area contributed by atoms with Crippen molar-refractivity contribution in [2.45, 2.75) is 6.54 Å². The molecule has 0 bridgehead atoms. The van der Waals surface area contributed by atoms with Gasteiger partial charge in [0.15, 0.2) is 0 Å². The molecule has 0 aliphatic heterocycles. The Balaban J connectivity index is 2.04. The minimum atomic E-state index is -0.971. The zero-order chi connectivity index (χ0) is 13.4. The molecule has 96 valence electrons. The molecule has 1 N–H and O–H groups in total. The van der Waals surface area contributed by atoms with Gasteiger partial charge in [0, 0.05) is 21.6 Å². The third-order valence-corrected chi connectivity index (χ3v) is 3.74. The molecule has 3 rings (SSSR count). The summed E-state index contributed by atoms with van der Waals surface area (Å²) in [4.78, 5) is 11.1. The fraction of sp³-hybridized carbons (Fsp3) is 0.0714. The number of hydrogen-bond acceptors (Lipinski definition) is 2. The van der Waals surface area contributed by atoms with Gasteiger partial charge in [-0.05, 0) is 24.3 Å². The Hall–Kier alpha value is -2.01. The van der Waals surface area contributed by atoms with Crippen LogP contribution in [-0.2, 0) is 6.54 Å². The number of nitrogens with zero attached hydrogens (tertiary/aromatic N) is 1. The predicted molar refractivity (Wildman–Crippen MR) is 74.4 cm³/mol. The molecule has 0 spiro atoms. The van der Waals surface area contributed by atoms with Gasteiger partial charge in [-0.1, -0.05) is 22.0 Å². The maximum Gasteiger partial charge on any atom is 0.339 e. The predicted octanol–water partition coefficient (Wildman–Crippen LogP) is 3.74. The van der Waals surface area contributed by atoms with Gasteiger partial charge in [0.05, 0.1) is 12.8 Å². The first kappa shape index (κ1) is 12.0. The number of fused-ring (bicyclic) bond motifs is 1. The van der Waals surface area contributed by atoms with Crippen LogP contribution in [0.5, 0.6) is 0 Å². The quantitative estimate of drug-likeness (QED) is 0.800. The number of hydrogen-bond donors (Lipinski definition) is 1. The van der Waals surface area contributed by atoms with E-state index in [4.69, 9.17) is 9.52 Å². The molecule has 0 aliphatic carbocycles. The van der Waals surface area contributed by atoms with Crippen LogP contribution >= 0.6 is 15.9 Å². The Morgan fingerprint density at radius 3 is 2.95 bits per heavy atom. The summed E-state index contributed by atoms with van der Waals surface area (Å²) in [5, 5.41) is 10.2. The highest BCUT2D eigenvalue weighted by molar-refractivity contribution is 9.10. The second-order valence-corrected chi connectivity index (χ2v) is 5.03. The van der Waals surface area contributed by atoms with Gasteiger partial charge < -0.3 is 14.1 Å². The average molecular weight is 320 g/mol. The molecule has 0 aliphatic rings. The van der Waals surface area contributed by atoms with Gasteiger partial charge in [-0.3, -0.25) is 0 Å².